The van der Waals surface area contributed by atoms with Gasteiger partial charge in [0.25, 0.3) is 0 Å². The summed E-state index contributed by atoms with van der Waals surface area (Å²) in [5.41, 5.74) is -0.483. The van der Waals surface area contributed by atoms with Gasteiger partial charge in [0.2, 0.25) is 11.8 Å². The minimum absolute atomic E-state index is 0.124. The van der Waals surface area contributed by atoms with Crippen molar-refractivity contribution in [1.29, 1.82) is 0 Å². The van der Waals surface area contributed by atoms with Gasteiger partial charge in [0.1, 0.15) is 18.7 Å². The zero-order valence-corrected chi connectivity index (χ0v) is 19.2. The Balaban J connectivity index is 1.43. The SMILES string of the molecule is O=C1N(c2ncnc3c2ncn3[C@H]2C[C@H](O)[C@@H](CO)O2)C(=O)C2(CCCCC2)C12CCCCC2. The summed E-state index contributed by atoms with van der Waals surface area (Å²) in [6.07, 6.45) is 10.2. The smallest absolute Gasteiger partial charge is 0.242 e. The first-order valence-corrected chi connectivity index (χ1v) is 12.5. The fourth-order valence-electron chi connectivity index (χ4n) is 7.08. The normalized spacial score (nSPS) is 30.8. The molecule has 2 aromatic heterocycles. The molecule has 4 aliphatic rings. The number of ether oxygens (including phenoxy) is 1. The Labute approximate surface area is 197 Å². The van der Waals surface area contributed by atoms with Gasteiger partial charge in [0, 0.05) is 6.42 Å². The number of hydrogen-bond acceptors (Lipinski definition) is 8. The molecule has 2 N–H and O–H groups in total. The Bertz CT molecular complexity index is 1080. The third kappa shape index (κ3) is 2.88. The molecule has 0 unspecified atom stereocenters. The molecule has 2 aliphatic heterocycles. The van der Waals surface area contributed by atoms with Crippen LogP contribution in [0.4, 0.5) is 5.82 Å². The lowest BCUT2D eigenvalue weighted by Gasteiger charge is -2.46. The van der Waals surface area contributed by atoms with Gasteiger partial charge in [-0.25, -0.2) is 19.9 Å². The van der Waals surface area contributed by atoms with Crippen molar-refractivity contribution in [3.8, 4) is 0 Å². The van der Waals surface area contributed by atoms with Crippen molar-refractivity contribution in [1.82, 2.24) is 19.5 Å². The van der Waals surface area contributed by atoms with Crippen LogP contribution in [0, 0.1) is 10.8 Å². The number of aliphatic hydroxyl groups excluding tert-OH is 2. The third-order valence-electron chi connectivity index (χ3n) is 8.80. The zero-order chi connectivity index (χ0) is 23.5. The predicted molar refractivity (Wildman–Crippen MR) is 120 cm³/mol. The number of aromatic nitrogens is 4. The molecule has 4 fully saturated rings. The van der Waals surface area contributed by atoms with Crippen LogP contribution < -0.4 is 4.90 Å². The van der Waals surface area contributed by atoms with E-state index >= 15 is 0 Å². The molecule has 2 spiro atoms. The fraction of sp³-hybridized carbons (Fsp3) is 0.708. The van der Waals surface area contributed by atoms with Crippen LogP contribution in [-0.2, 0) is 14.3 Å². The first-order valence-electron chi connectivity index (χ1n) is 12.5. The van der Waals surface area contributed by atoms with Gasteiger partial charge in [-0.05, 0) is 25.7 Å². The molecule has 2 saturated carbocycles. The zero-order valence-electron chi connectivity index (χ0n) is 19.2. The summed E-state index contributed by atoms with van der Waals surface area (Å²) in [5.74, 6) is -0.00790. The second-order valence-electron chi connectivity index (χ2n) is 10.4. The summed E-state index contributed by atoms with van der Waals surface area (Å²) < 4.78 is 7.46. The van der Waals surface area contributed by atoms with Crippen LogP contribution in [-0.4, -0.2) is 60.4 Å². The number of imidazole rings is 1. The van der Waals surface area contributed by atoms with Gasteiger partial charge in [-0.15, -0.1) is 0 Å². The number of nitrogens with zero attached hydrogens (tertiary/aromatic N) is 5. The van der Waals surface area contributed by atoms with Gasteiger partial charge in [-0.3, -0.25) is 14.2 Å². The number of amides is 2. The molecule has 182 valence electrons. The fourth-order valence-corrected chi connectivity index (χ4v) is 7.08. The van der Waals surface area contributed by atoms with E-state index in [4.69, 9.17) is 4.74 Å². The summed E-state index contributed by atoms with van der Waals surface area (Å²) in [7, 11) is 0. The Hall–Kier alpha value is -2.43. The lowest BCUT2D eigenvalue weighted by atomic mass is 9.53. The van der Waals surface area contributed by atoms with Gasteiger partial charge in [-0.1, -0.05) is 38.5 Å². The molecular weight excluding hydrogens is 438 g/mol. The molecule has 3 atom stereocenters. The highest BCUT2D eigenvalue weighted by atomic mass is 16.5. The van der Waals surface area contributed by atoms with E-state index < -0.39 is 29.3 Å². The predicted octanol–water partition coefficient (Wildman–Crippen LogP) is 2.24. The molecule has 0 bridgehead atoms. The lowest BCUT2D eigenvalue weighted by molar-refractivity contribution is -0.141. The van der Waals surface area contributed by atoms with Crippen LogP contribution in [0.15, 0.2) is 12.7 Å². The van der Waals surface area contributed by atoms with Gasteiger partial charge in [0.05, 0.1) is 29.9 Å². The van der Waals surface area contributed by atoms with E-state index in [-0.39, 0.29) is 30.7 Å². The number of hydrogen-bond donors (Lipinski definition) is 2. The largest absolute Gasteiger partial charge is 0.394 e. The molecule has 10 heteroatoms. The molecule has 0 aromatic carbocycles. The molecular formula is C24H31N5O5. The summed E-state index contributed by atoms with van der Waals surface area (Å²) in [4.78, 5) is 42.8. The number of aliphatic hydroxyl groups is 2. The monoisotopic (exact) mass is 469 g/mol. The highest BCUT2D eigenvalue weighted by Gasteiger charge is 2.69. The van der Waals surface area contributed by atoms with E-state index in [1.54, 1.807) is 4.57 Å². The maximum Gasteiger partial charge on any atom is 0.242 e. The molecule has 2 amide bonds. The summed E-state index contributed by atoms with van der Waals surface area (Å²) >= 11 is 0. The van der Waals surface area contributed by atoms with E-state index in [1.165, 1.54) is 17.6 Å². The Morgan fingerprint density at radius 3 is 2.12 bits per heavy atom. The van der Waals surface area contributed by atoms with Crippen molar-refractivity contribution in [3.63, 3.8) is 0 Å². The van der Waals surface area contributed by atoms with E-state index in [9.17, 15) is 19.8 Å². The molecule has 4 heterocycles. The average molecular weight is 470 g/mol. The molecule has 2 aromatic rings. The first-order chi connectivity index (χ1) is 16.5. The second kappa shape index (κ2) is 8.07. The van der Waals surface area contributed by atoms with Gasteiger partial charge < -0.3 is 14.9 Å². The molecule has 0 radical (unpaired) electrons. The highest BCUT2D eigenvalue weighted by Crippen LogP contribution is 2.62. The number of fused-ring (bicyclic) bond motifs is 2. The molecule has 2 saturated heterocycles. The van der Waals surface area contributed by atoms with E-state index in [0.29, 0.717) is 11.2 Å². The maximum absolute atomic E-state index is 14.1. The second-order valence-corrected chi connectivity index (χ2v) is 10.4. The van der Waals surface area contributed by atoms with Crippen molar-refractivity contribution in [3.05, 3.63) is 12.7 Å². The number of carbonyl (C=O) groups is 2. The van der Waals surface area contributed by atoms with Crippen LogP contribution >= 0.6 is 0 Å². The minimum atomic E-state index is -0.798. The molecule has 10 nitrogen and oxygen atoms in total. The first kappa shape index (κ1) is 22.1. The van der Waals surface area contributed by atoms with Crippen molar-refractivity contribution in [2.75, 3.05) is 11.5 Å². The number of carbonyl (C=O) groups excluding carboxylic acids is 2. The van der Waals surface area contributed by atoms with E-state index in [0.717, 1.165) is 64.2 Å². The van der Waals surface area contributed by atoms with Crippen LogP contribution in [0.3, 0.4) is 0 Å². The number of rotatable bonds is 3. The van der Waals surface area contributed by atoms with Crippen LogP contribution in [0.5, 0.6) is 0 Å². The van der Waals surface area contributed by atoms with E-state index in [1.807, 2.05) is 0 Å². The Morgan fingerprint density at radius 2 is 1.56 bits per heavy atom. The third-order valence-corrected chi connectivity index (χ3v) is 8.80. The molecule has 2 aliphatic carbocycles. The maximum atomic E-state index is 14.1. The summed E-state index contributed by atoms with van der Waals surface area (Å²) in [6.45, 7) is -0.286. The Kier molecular flexibility index (Phi) is 5.23. The van der Waals surface area contributed by atoms with Crippen molar-refractivity contribution >= 4 is 28.8 Å². The van der Waals surface area contributed by atoms with Crippen molar-refractivity contribution in [2.45, 2.75) is 89.1 Å². The highest BCUT2D eigenvalue weighted by molar-refractivity contribution is 6.26. The minimum Gasteiger partial charge on any atom is -0.394 e. The Morgan fingerprint density at radius 1 is 0.941 bits per heavy atom. The molecule has 6 rings (SSSR count). The topological polar surface area (TPSA) is 131 Å². The average Bonchev–Trinajstić information content (AvgIpc) is 3.51. The van der Waals surface area contributed by atoms with Crippen molar-refractivity contribution < 1.29 is 24.5 Å². The van der Waals surface area contributed by atoms with Gasteiger partial charge >= 0.3 is 0 Å². The van der Waals surface area contributed by atoms with Crippen LogP contribution in [0.1, 0.15) is 76.9 Å². The quantitative estimate of drug-likeness (QED) is 0.655. The molecule has 34 heavy (non-hydrogen) atoms. The van der Waals surface area contributed by atoms with E-state index in [2.05, 4.69) is 15.0 Å². The number of anilines is 1. The van der Waals surface area contributed by atoms with Crippen LogP contribution in [0.2, 0.25) is 0 Å². The standard InChI is InChI=1S/C24H31N5O5/c30-12-16-15(31)11-17(34-16)28-14-27-18-19(28)25-13-26-20(18)29-21(32)23(7-3-1-4-8-23)24(22(29)33)9-5-2-6-10-24/h13-17,30-31H,1-12H2/t15-,16+,17+/m0/s1. The van der Waals surface area contributed by atoms with Crippen LogP contribution in [0.25, 0.3) is 11.2 Å². The van der Waals surface area contributed by atoms with Gasteiger partial charge in [0.15, 0.2) is 17.0 Å². The summed E-state index contributed by atoms with van der Waals surface area (Å²) in [6, 6.07) is 0. The lowest BCUT2D eigenvalue weighted by Crippen LogP contribution is -2.47. The summed E-state index contributed by atoms with van der Waals surface area (Å²) in [5, 5.41) is 19.6. The number of imide groups is 1. The van der Waals surface area contributed by atoms with Gasteiger partial charge in [-0.2, -0.15) is 0 Å². The van der Waals surface area contributed by atoms with Crippen molar-refractivity contribution in [2.24, 2.45) is 10.8 Å².